The van der Waals surface area contributed by atoms with Gasteiger partial charge in [-0.25, -0.2) is 4.39 Å². The zero-order valence-corrected chi connectivity index (χ0v) is 9.30. The molecular weight excluding hydrogens is 221 g/mol. The van der Waals surface area contributed by atoms with Gasteiger partial charge in [-0.05, 0) is 36.4 Å². The van der Waals surface area contributed by atoms with Gasteiger partial charge < -0.3 is 5.32 Å². The maximum Gasteiger partial charge on any atom is 0.123 e. The summed E-state index contributed by atoms with van der Waals surface area (Å²) in [5.74, 6) is -0.258. The first-order chi connectivity index (χ1) is 7.75. The molecule has 2 aromatic carbocycles. The van der Waals surface area contributed by atoms with Gasteiger partial charge in [0.1, 0.15) is 10.8 Å². The van der Waals surface area contributed by atoms with Crippen molar-refractivity contribution in [1.82, 2.24) is 0 Å². The van der Waals surface area contributed by atoms with Gasteiger partial charge in [-0.15, -0.1) is 0 Å². The minimum atomic E-state index is -0.258. The minimum absolute atomic E-state index is 0.258. The van der Waals surface area contributed by atoms with Crippen LogP contribution in [0.5, 0.6) is 0 Å². The molecule has 0 spiro atoms. The smallest absolute Gasteiger partial charge is 0.123 e. The van der Waals surface area contributed by atoms with E-state index in [2.05, 4.69) is 5.32 Å². The summed E-state index contributed by atoms with van der Waals surface area (Å²) in [6, 6.07) is 15.8. The molecule has 0 heterocycles. The summed E-state index contributed by atoms with van der Waals surface area (Å²) < 4.78 is 12.7. The molecule has 0 radical (unpaired) electrons. The van der Waals surface area contributed by atoms with Crippen molar-refractivity contribution in [3.05, 3.63) is 66.0 Å². The number of hydrogen-bond acceptors (Lipinski definition) is 1. The largest absolute Gasteiger partial charge is 0.346 e. The van der Waals surface area contributed by atoms with Crippen molar-refractivity contribution in [2.45, 2.75) is 0 Å². The van der Waals surface area contributed by atoms with Crippen molar-refractivity contribution in [2.75, 3.05) is 5.32 Å². The molecule has 0 aromatic heterocycles. The van der Waals surface area contributed by atoms with Gasteiger partial charge in [-0.1, -0.05) is 30.4 Å². The topological polar surface area (TPSA) is 12.0 Å². The lowest BCUT2D eigenvalue weighted by Gasteiger charge is -2.07. The van der Waals surface area contributed by atoms with Crippen molar-refractivity contribution in [1.29, 1.82) is 0 Å². The number of halogens is 1. The van der Waals surface area contributed by atoms with Gasteiger partial charge in [0.2, 0.25) is 0 Å². The van der Waals surface area contributed by atoms with Gasteiger partial charge in [-0.3, -0.25) is 0 Å². The first-order valence-electron chi connectivity index (χ1n) is 4.88. The fourth-order valence-corrected chi connectivity index (χ4v) is 1.58. The molecule has 0 amide bonds. The highest BCUT2D eigenvalue weighted by atomic mass is 32.1. The number of thiocarbonyl (C=S) groups is 1. The SMILES string of the molecule is Fc1ccc(C(=S)Nc2ccccc2)cc1. The molecule has 1 N–H and O–H groups in total. The average molecular weight is 231 g/mol. The van der Waals surface area contributed by atoms with Crippen molar-refractivity contribution in [2.24, 2.45) is 0 Å². The van der Waals surface area contributed by atoms with Crippen LogP contribution in [0.4, 0.5) is 10.1 Å². The normalized spacial score (nSPS) is 9.81. The van der Waals surface area contributed by atoms with E-state index < -0.39 is 0 Å². The lowest BCUT2D eigenvalue weighted by molar-refractivity contribution is 0.628. The van der Waals surface area contributed by atoms with Crippen LogP contribution in [0.3, 0.4) is 0 Å². The molecule has 1 nitrogen and oxygen atoms in total. The Kier molecular flexibility index (Phi) is 3.27. The molecule has 0 atom stereocenters. The zero-order chi connectivity index (χ0) is 11.4. The molecular formula is C13H10FNS. The summed E-state index contributed by atoms with van der Waals surface area (Å²) in [6.45, 7) is 0. The van der Waals surface area contributed by atoms with Gasteiger partial charge in [0.05, 0.1) is 0 Å². The fourth-order valence-electron chi connectivity index (χ4n) is 1.33. The third-order valence-electron chi connectivity index (χ3n) is 2.14. The highest BCUT2D eigenvalue weighted by molar-refractivity contribution is 7.81. The quantitative estimate of drug-likeness (QED) is 0.792. The predicted octanol–water partition coefficient (Wildman–Crippen LogP) is 3.61. The first-order valence-corrected chi connectivity index (χ1v) is 5.28. The van der Waals surface area contributed by atoms with E-state index in [0.29, 0.717) is 4.99 Å². The van der Waals surface area contributed by atoms with Gasteiger partial charge in [-0.2, -0.15) is 0 Å². The van der Waals surface area contributed by atoms with Crippen LogP contribution < -0.4 is 5.32 Å². The third-order valence-corrected chi connectivity index (χ3v) is 2.48. The molecule has 80 valence electrons. The van der Waals surface area contributed by atoms with Crippen LogP contribution in [0, 0.1) is 5.82 Å². The molecule has 0 saturated heterocycles. The molecule has 3 heteroatoms. The number of para-hydroxylation sites is 1. The lowest BCUT2D eigenvalue weighted by Crippen LogP contribution is -2.10. The van der Waals surface area contributed by atoms with Crippen molar-refractivity contribution in [3.8, 4) is 0 Å². The average Bonchev–Trinajstić information content (AvgIpc) is 2.31. The second-order valence-electron chi connectivity index (χ2n) is 3.33. The van der Waals surface area contributed by atoms with E-state index in [1.54, 1.807) is 12.1 Å². The molecule has 0 unspecified atom stereocenters. The second kappa shape index (κ2) is 4.86. The molecule has 2 aromatic rings. The van der Waals surface area contributed by atoms with Crippen molar-refractivity contribution < 1.29 is 4.39 Å². The van der Waals surface area contributed by atoms with Crippen molar-refractivity contribution in [3.63, 3.8) is 0 Å². The molecule has 0 aliphatic heterocycles. The molecule has 0 aliphatic carbocycles. The molecule has 0 aliphatic rings. The standard InChI is InChI=1S/C13H10FNS/c14-11-8-6-10(7-9-11)13(16)15-12-4-2-1-3-5-12/h1-9H,(H,15,16). The number of anilines is 1. The molecule has 0 bridgehead atoms. The Bertz CT molecular complexity index is 479. The minimum Gasteiger partial charge on any atom is -0.346 e. The summed E-state index contributed by atoms with van der Waals surface area (Å²) in [7, 11) is 0. The predicted molar refractivity (Wildman–Crippen MR) is 68.2 cm³/mol. The Hall–Kier alpha value is -1.74. The molecule has 0 fully saturated rings. The van der Waals surface area contributed by atoms with E-state index in [1.807, 2.05) is 30.3 Å². The lowest BCUT2D eigenvalue weighted by atomic mass is 10.2. The van der Waals surface area contributed by atoms with E-state index in [1.165, 1.54) is 12.1 Å². The Labute approximate surface area is 98.9 Å². The van der Waals surface area contributed by atoms with Gasteiger partial charge in [0.25, 0.3) is 0 Å². The summed E-state index contributed by atoms with van der Waals surface area (Å²) in [6.07, 6.45) is 0. The summed E-state index contributed by atoms with van der Waals surface area (Å²) in [5, 5.41) is 3.09. The van der Waals surface area contributed by atoms with Crippen molar-refractivity contribution >= 4 is 22.9 Å². The number of hydrogen-bond donors (Lipinski definition) is 1. The van der Waals surface area contributed by atoms with Gasteiger partial charge in [0, 0.05) is 11.3 Å². The zero-order valence-electron chi connectivity index (χ0n) is 8.48. The van der Waals surface area contributed by atoms with Crippen LogP contribution >= 0.6 is 12.2 Å². The highest BCUT2D eigenvalue weighted by Crippen LogP contribution is 2.10. The first kappa shape index (κ1) is 10.8. The number of benzene rings is 2. The highest BCUT2D eigenvalue weighted by Gasteiger charge is 2.01. The number of rotatable bonds is 2. The fraction of sp³-hybridized carbons (Fsp3) is 0. The maximum atomic E-state index is 12.7. The van der Waals surface area contributed by atoms with E-state index in [0.717, 1.165) is 11.3 Å². The van der Waals surface area contributed by atoms with Crippen LogP contribution in [0.15, 0.2) is 54.6 Å². The van der Waals surface area contributed by atoms with E-state index >= 15 is 0 Å². The van der Waals surface area contributed by atoms with Crippen LogP contribution in [0.25, 0.3) is 0 Å². The van der Waals surface area contributed by atoms with E-state index in [4.69, 9.17) is 12.2 Å². The van der Waals surface area contributed by atoms with Crippen LogP contribution in [-0.4, -0.2) is 4.99 Å². The van der Waals surface area contributed by atoms with Gasteiger partial charge in [0.15, 0.2) is 0 Å². The number of nitrogens with one attached hydrogen (secondary N) is 1. The van der Waals surface area contributed by atoms with E-state index in [9.17, 15) is 4.39 Å². The monoisotopic (exact) mass is 231 g/mol. The molecule has 2 rings (SSSR count). The Morgan fingerprint density at radius 1 is 0.938 bits per heavy atom. The van der Waals surface area contributed by atoms with Crippen LogP contribution in [0.2, 0.25) is 0 Å². The van der Waals surface area contributed by atoms with Gasteiger partial charge >= 0.3 is 0 Å². The molecule has 16 heavy (non-hydrogen) atoms. The second-order valence-corrected chi connectivity index (χ2v) is 3.74. The van der Waals surface area contributed by atoms with E-state index in [-0.39, 0.29) is 5.82 Å². The van der Waals surface area contributed by atoms with Crippen LogP contribution in [-0.2, 0) is 0 Å². The Balaban J connectivity index is 2.12. The van der Waals surface area contributed by atoms with Crippen LogP contribution in [0.1, 0.15) is 5.56 Å². The summed E-state index contributed by atoms with van der Waals surface area (Å²) in [4.78, 5) is 0.589. The summed E-state index contributed by atoms with van der Waals surface area (Å²) in [5.41, 5.74) is 1.73. The third kappa shape index (κ3) is 2.64. The maximum absolute atomic E-state index is 12.7. The molecule has 0 saturated carbocycles. The summed E-state index contributed by atoms with van der Waals surface area (Å²) >= 11 is 5.21. The Morgan fingerprint density at radius 2 is 1.56 bits per heavy atom. The Morgan fingerprint density at radius 3 is 2.19 bits per heavy atom.